The first-order valence-corrected chi connectivity index (χ1v) is 7.21. The van der Waals surface area contributed by atoms with Crippen LogP contribution in [-0.4, -0.2) is 11.5 Å². The standard InChI is InChI=1S/C16H18ClFN2O/c1-11(2)9-19-10-12-4-3-7-20-16(12)21-15-6-5-13(18)8-14(15)17/h3-8,11,19H,9-10H2,1-2H3. The summed E-state index contributed by atoms with van der Waals surface area (Å²) in [5.41, 5.74) is 0.929. The summed E-state index contributed by atoms with van der Waals surface area (Å²) in [6, 6.07) is 7.81. The number of halogens is 2. The fourth-order valence-corrected chi connectivity index (χ4v) is 2.01. The monoisotopic (exact) mass is 308 g/mol. The molecule has 112 valence electrons. The van der Waals surface area contributed by atoms with Gasteiger partial charge in [-0.2, -0.15) is 0 Å². The number of ether oxygens (including phenoxy) is 1. The first-order valence-electron chi connectivity index (χ1n) is 6.84. The molecule has 0 fully saturated rings. The lowest BCUT2D eigenvalue weighted by atomic mass is 10.2. The van der Waals surface area contributed by atoms with Crippen molar-refractivity contribution in [2.45, 2.75) is 20.4 Å². The van der Waals surface area contributed by atoms with Crippen LogP contribution in [-0.2, 0) is 6.54 Å². The highest BCUT2D eigenvalue weighted by Gasteiger charge is 2.09. The van der Waals surface area contributed by atoms with Crippen molar-refractivity contribution in [1.82, 2.24) is 10.3 Å². The Morgan fingerprint density at radius 3 is 2.86 bits per heavy atom. The van der Waals surface area contributed by atoms with Crippen LogP contribution >= 0.6 is 11.6 Å². The molecule has 1 N–H and O–H groups in total. The van der Waals surface area contributed by atoms with Crippen molar-refractivity contribution in [2.75, 3.05) is 6.54 Å². The quantitative estimate of drug-likeness (QED) is 0.858. The van der Waals surface area contributed by atoms with Gasteiger partial charge in [-0.3, -0.25) is 0 Å². The second kappa shape index (κ2) is 7.38. The predicted molar refractivity (Wildman–Crippen MR) is 82.3 cm³/mol. The first-order chi connectivity index (χ1) is 10.1. The van der Waals surface area contributed by atoms with Gasteiger partial charge in [-0.15, -0.1) is 0 Å². The molecule has 0 bridgehead atoms. The summed E-state index contributed by atoms with van der Waals surface area (Å²) in [6.45, 7) is 5.85. The molecule has 2 aromatic rings. The summed E-state index contributed by atoms with van der Waals surface area (Å²) in [6.07, 6.45) is 1.65. The van der Waals surface area contributed by atoms with E-state index < -0.39 is 5.82 Å². The topological polar surface area (TPSA) is 34.2 Å². The number of benzene rings is 1. The summed E-state index contributed by atoms with van der Waals surface area (Å²) in [4.78, 5) is 4.22. The molecule has 0 spiro atoms. The molecule has 0 unspecified atom stereocenters. The Kier molecular flexibility index (Phi) is 5.53. The van der Waals surface area contributed by atoms with E-state index in [1.54, 1.807) is 6.20 Å². The molecule has 1 aromatic carbocycles. The largest absolute Gasteiger partial charge is 0.437 e. The van der Waals surface area contributed by atoms with E-state index in [1.165, 1.54) is 18.2 Å². The fraction of sp³-hybridized carbons (Fsp3) is 0.312. The Labute approximate surface area is 129 Å². The third-order valence-corrected chi connectivity index (χ3v) is 3.11. The number of aromatic nitrogens is 1. The van der Waals surface area contributed by atoms with E-state index >= 15 is 0 Å². The van der Waals surface area contributed by atoms with E-state index in [-0.39, 0.29) is 5.02 Å². The molecule has 0 saturated carbocycles. The smallest absolute Gasteiger partial charge is 0.223 e. The summed E-state index contributed by atoms with van der Waals surface area (Å²) >= 11 is 5.97. The summed E-state index contributed by atoms with van der Waals surface area (Å²) in [5.74, 6) is 1.04. The Hall–Kier alpha value is -1.65. The lowest BCUT2D eigenvalue weighted by Gasteiger charge is -2.12. The molecule has 0 aliphatic rings. The van der Waals surface area contributed by atoms with Crippen molar-refractivity contribution in [3.05, 3.63) is 52.9 Å². The summed E-state index contributed by atoms with van der Waals surface area (Å²) in [5, 5.41) is 3.56. The molecule has 3 nitrogen and oxygen atoms in total. The first kappa shape index (κ1) is 15.7. The van der Waals surface area contributed by atoms with E-state index in [0.29, 0.717) is 24.1 Å². The maximum Gasteiger partial charge on any atom is 0.223 e. The molecule has 0 aliphatic carbocycles. The highest BCUT2D eigenvalue weighted by atomic mass is 35.5. The van der Waals surface area contributed by atoms with Gasteiger partial charge in [0, 0.05) is 18.3 Å². The number of nitrogens with one attached hydrogen (secondary N) is 1. The summed E-state index contributed by atoms with van der Waals surface area (Å²) < 4.78 is 18.7. The van der Waals surface area contributed by atoms with Crippen molar-refractivity contribution < 1.29 is 9.13 Å². The molecule has 1 aromatic heterocycles. The van der Waals surface area contributed by atoms with E-state index in [4.69, 9.17) is 16.3 Å². The van der Waals surface area contributed by atoms with Crippen molar-refractivity contribution >= 4 is 11.6 Å². The average molecular weight is 309 g/mol. The average Bonchev–Trinajstić information content (AvgIpc) is 2.43. The Morgan fingerprint density at radius 1 is 1.33 bits per heavy atom. The van der Waals surface area contributed by atoms with E-state index in [1.807, 2.05) is 12.1 Å². The predicted octanol–water partition coefficient (Wildman–Crippen LogP) is 4.41. The van der Waals surface area contributed by atoms with Gasteiger partial charge in [0.2, 0.25) is 5.88 Å². The van der Waals surface area contributed by atoms with Gasteiger partial charge in [-0.1, -0.05) is 31.5 Å². The van der Waals surface area contributed by atoms with E-state index in [2.05, 4.69) is 24.1 Å². The Balaban J connectivity index is 2.12. The van der Waals surface area contributed by atoms with Gasteiger partial charge in [-0.05, 0) is 36.7 Å². The normalized spacial score (nSPS) is 10.9. The second-order valence-corrected chi connectivity index (χ2v) is 5.58. The maximum atomic E-state index is 13.0. The zero-order valence-electron chi connectivity index (χ0n) is 12.1. The van der Waals surface area contributed by atoms with Crippen molar-refractivity contribution in [3.8, 4) is 11.6 Å². The Morgan fingerprint density at radius 2 is 2.14 bits per heavy atom. The minimum atomic E-state index is -0.396. The van der Waals surface area contributed by atoms with Crippen molar-refractivity contribution in [2.24, 2.45) is 5.92 Å². The molecular weight excluding hydrogens is 291 g/mol. The van der Waals surface area contributed by atoms with Crippen LogP contribution in [0.3, 0.4) is 0 Å². The Bertz CT molecular complexity index is 605. The van der Waals surface area contributed by atoms with Gasteiger partial charge in [0.1, 0.15) is 11.6 Å². The van der Waals surface area contributed by atoms with Crippen LogP contribution in [0.15, 0.2) is 36.5 Å². The molecule has 2 rings (SSSR count). The van der Waals surface area contributed by atoms with Crippen LogP contribution in [0.25, 0.3) is 0 Å². The van der Waals surface area contributed by atoms with Crippen LogP contribution in [0.4, 0.5) is 4.39 Å². The molecule has 5 heteroatoms. The zero-order chi connectivity index (χ0) is 15.2. The number of pyridine rings is 1. The van der Waals surface area contributed by atoms with Crippen LogP contribution in [0, 0.1) is 11.7 Å². The van der Waals surface area contributed by atoms with Gasteiger partial charge in [0.05, 0.1) is 5.02 Å². The highest BCUT2D eigenvalue weighted by Crippen LogP contribution is 2.30. The van der Waals surface area contributed by atoms with Gasteiger partial charge < -0.3 is 10.1 Å². The second-order valence-electron chi connectivity index (χ2n) is 5.17. The molecule has 0 amide bonds. The van der Waals surface area contributed by atoms with Crippen molar-refractivity contribution in [1.29, 1.82) is 0 Å². The number of hydrogen-bond acceptors (Lipinski definition) is 3. The third kappa shape index (κ3) is 4.69. The maximum absolute atomic E-state index is 13.0. The fourth-order valence-electron chi connectivity index (χ4n) is 1.81. The molecule has 0 aliphatic heterocycles. The minimum Gasteiger partial charge on any atom is -0.437 e. The van der Waals surface area contributed by atoms with Crippen molar-refractivity contribution in [3.63, 3.8) is 0 Å². The van der Waals surface area contributed by atoms with Gasteiger partial charge >= 0.3 is 0 Å². The van der Waals surface area contributed by atoms with Crippen LogP contribution in [0.1, 0.15) is 19.4 Å². The molecule has 1 heterocycles. The highest BCUT2D eigenvalue weighted by molar-refractivity contribution is 6.32. The molecule has 21 heavy (non-hydrogen) atoms. The number of rotatable bonds is 6. The molecule has 0 saturated heterocycles. The minimum absolute atomic E-state index is 0.224. The molecule has 0 radical (unpaired) electrons. The molecular formula is C16H18ClFN2O. The number of hydrogen-bond donors (Lipinski definition) is 1. The zero-order valence-corrected chi connectivity index (χ0v) is 12.8. The lowest BCUT2D eigenvalue weighted by molar-refractivity contribution is 0.449. The van der Waals surface area contributed by atoms with E-state index in [0.717, 1.165) is 12.1 Å². The van der Waals surface area contributed by atoms with Crippen LogP contribution < -0.4 is 10.1 Å². The number of nitrogens with zero attached hydrogens (tertiary/aromatic N) is 1. The third-order valence-electron chi connectivity index (χ3n) is 2.82. The summed E-state index contributed by atoms with van der Waals surface area (Å²) in [7, 11) is 0. The van der Waals surface area contributed by atoms with Gasteiger partial charge in [0.15, 0.2) is 0 Å². The van der Waals surface area contributed by atoms with E-state index in [9.17, 15) is 4.39 Å². The lowest BCUT2D eigenvalue weighted by Crippen LogP contribution is -2.19. The van der Waals surface area contributed by atoms with Crippen LogP contribution in [0.2, 0.25) is 5.02 Å². The van der Waals surface area contributed by atoms with Gasteiger partial charge in [-0.25, -0.2) is 9.37 Å². The van der Waals surface area contributed by atoms with Crippen LogP contribution in [0.5, 0.6) is 11.6 Å². The SMILES string of the molecule is CC(C)CNCc1cccnc1Oc1ccc(F)cc1Cl. The van der Waals surface area contributed by atoms with Gasteiger partial charge in [0.25, 0.3) is 0 Å². The molecule has 0 atom stereocenters.